The molecule has 64 heavy (non-hydrogen) atoms. The minimum atomic E-state index is 1.11. The maximum Gasteiger partial charge on any atom is 0.0534 e. The Kier molecular flexibility index (Phi) is 8.25. The zero-order valence-corrected chi connectivity index (χ0v) is 35.0. The van der Waals surface area contributed by atoms with Crippen molar-refractivity contribution in [2.75, 3.05) is 9.80 Å². The van der Waals surface area contributed by atoms with E-state index in [0.717, 1.165) is 34.1 Å². The molecule has 298 valence electrons. The Morgan fingerprint density at radius 2 is 0.562 bits per heavy atom. The van der Waals surface area contributed by atoms with Crippen LogP contribution in [0.5, 0.6) is 0 Å². The fourth-order valence-electron chi connectivity index (χ4n) is 10.5. The highest BCUT2D eigenvalue weighted by molar-refractivity contribution is 6.26. The molecular formula is C62H40N2. The molecule has 2 heteroatoms. The third-order valence-electron chi connectivity index (χ3n) is 13.3. The lowest BCUT2D eigenvalue weighted by molar-refractivity contribution is 1.28. The molecule has 11 aromatic rings. The Labute approximate surface area is 372 Å². The molecule has 0 saturated heterocycles. The molecule has 0 bridgehead atoms. The first-order chi connectivity index (χ1) is 31.8. The van der Waals surface area contributed by atoms with Crippen LogP contribution in [0, 0.1) is 0 Å². The minimum absolute atomic E-state index is 1.11. The highest BCUT2D eigenvalue weighted by atomic mass is 15.2. The molecule has 0 atom stereocenters. The van der Waals surface area contributed by atoms with E-state index in [9.17, 15) is 0 Å². The Balaban J connectivity index is 1.18. The summed E-state index contributed by atoms with van der Waals surface area (Å²) in [4.78, 5) is 4.90. The van der Waals surface area contributed by atoms with Crippen LogP contribution in [0.1, 0.15) is 22.3 Å². The van der Waals surface area contributed by atoms with Crippen LogP contribution in [0.15, 0.2) is 218 Å². The van der Waals surface area contributed by atoms with Crippen molar-refractivity contribution in [3.63, 3.8) is 0 Å². The van der Waals surface area contributed by atoms with Gasteiger partial charge >= 0.3 is 0 Å². The number of hydrogen-bond acceptors (Lipinski definition) is 2. The van der Waals surface area contributed by atoms with Gasteiger partial charge in [-0.3, -0.25) is 0 Å². The van der Waals surface area contributed by atoms with Crippen molar-refractivity contribution >= 4 is 102 Å². The van der Waals surface area contributed by atoms with E-state index in [2.05, 4.69) is 252 Å². The molecule has 0 N–H and O–H groups in total. The van der Waals surface area contributed by atoms with Gasteiger partial charge in [-0.15, -0.1) is 0 Å². The molecular weight excluding hydrogens is 773 g/mol. The predicted octanol–water partition coefficient (Wildman–Crippen LogP) is 17.5. The third-order valence-corrected chi connectivity index (χ3v) is 13.3. The van der Waals surface area contributed by atoms with Crippen LogP contribution < -0.4 is 9.80 Å². The van der Waals surface area contributed by atoms with Gasteiger partial charge in [0.15, 0.2) is 0 Å². The number of anilines is 6. The Morgan fingerprint density at radius 1 is 0.234 bits per heavy atom. The van der Waals surface area contributed by atoms with Crippen LogP contribution in [0.2, 0.25) is 0 Å². The molecule has 0 fully saturated rings. The Bertz CT molecular complexity index is 3400. The first kappa shape index (κ1) is 36.2. The van der Waals surface area contributed by atoms with Crippen molar-refractivity contribution in [3.8, 4) is 22.3 Å². The van der Waals surface area contributed by atoms with E-state index < -0.39 is 0 Å². The van der Waals surface area contributed by atoms with Crippen molar-refractivity contribution in [3.05, 3.63) is 241 Å². The average molecular weight is 813 g/mol. The molecule has 0 aromatic heterocycles. The molecule has 13 rings (SSSR count). The van der Waals surface area contributed by atoms with Gasteiger partial charge in [0.1, 0.15) is 0 Å². The number of benzene rings is 11. The van der Waals surface area contributed by atoms with E-state index in [1.807, 2.05) is 0 Å². The Morgan fingerprint density at radius 3 is 0.953 bits per heavy atom. The van der Waals surface area contributed by atoms with Crippen LogP contribution in [0.25, 0.3) is 89.6 Å². The summed E-state index contributed by atoms with van der Waals surface area (Å²) in [5, 5.41) is 9.74. The molecule has 0 spiro atoms. The van der Waals surface area contributed by atoms with Gasteiger partial charge in [-0.1, -0.05) is 194 Å². The van der Waals surface area contributed by atoms with Gasteiger partial charge < -0.3 is 9.80 Å². The molecule has 11 aromatic carbocycles. The smallest absolute Gasteiger partial charge is 0.0534 e. The summed E-state index contributed by atoms with van der Waals surface area (Å²) < 4.78 is 0. The van der Waals surface area contributed by atoms with Crippen molar-refractivity contribution in [2.24, 2.45) is 0 Å². The quantitative estimate of drug-likeness (QED) is 0.163. The van der Waals surface area contributed by atoms with E-state index in [-0.39, 0.29) is 0 Å². The molecule has 2 nitrogen and oxygen atoms in total. The molecule has 0 aliphatic carbocycles. The molecule has 2 heterocycles. The summed E-state index contributed by atoms with van der Waals surface area (Å²) in [6.45, 7) is 0. The maximum atomic E-state index is 2.46. The Hall–Kier alpha value is -8.46. The van der Waals surface area contributed by atoms with Gasteiger partial charge in [0.2, 0.25) is 0 Å². The lowest BCUT2D eigenvalue weighted by Gasteiger charge is -2.29. The largest absolute Gasteiger partial charge is 0.309 e. The van der Waals surface area contributed by atoms with Crippen LogP contribution in [0.3, 0.4) is 0 Å². The summed E-state index contributed by atoms with van der Waals surface area (Å²) in [5.41, 5.74) is 16.5. The third kappa shape index (κ3) is 5.66. The van der Waals surface area contributed by atoms with Gasteiger partial charge in [-0.05, 0) is 136 Å². The van der Waals surface area contributed by atoms with E-state index in [1.54, 1.807) is 0 Å². The van der Waals surface area contributed by atoms with Gasteiger partial charge in [0.05, 0.1) is 22.7 Å². The lowest BCUT2D eigenvalue weighted by atomic mass is 9.83. The summed E-state index contributed by atoms with van der Waals surface area (Å²) in [6.07, 6.45) is 8.99. The first-order valence-electron chi connectivity index (χ1n) is 22.1. The van der Waals surface area contributed by atoms with Crippen molar-refractivity contribution < 1.29 is 0 Å². The summed E-state index contributed by atoms with van der Waals surface area (Å²) in [7, 11) is 0. The van der Waals surface area contributed by atoms with Gasteiger partial charge in [-0.2, -0.15) is 0 Å². The molecule has 2 aliphatic heterocycles. The van der Waals surface area contributed by atoms with Crippen LogP contribution in [-0.2, 0) is 0 Å². The fraction of sp³-hybridized carbons (Fsp3) is 0. The maximum absolute atomic E-state index is 2.46. The lowest BCUT2D eigenvalue weighted by Crippen LogP contribution is -2.12. The number of para-hydroxylation sites is 4. The van der Waals surface area contributed by atoms with Crippen molar-refractivity contribution in [1.82, 2.24) is 0 Å². The molecule has 2 aliphatic rings. The molecule has 0 unspecified atom stereocenters. The second kappa shape index (κ2) is 14.6. The number of nitrogens with zero attached hydrogens (tertiary/aromatic N) is 2. The van der Waals surface area contributed by atoms with Crippen molar-refractivity contribution in [2.45, 2.75) is 0 Å². The predicted molar refractivity (Wildman–Crippen MR) is 275 cm³/mol. The zero-order valence-electron chi connectivity index (χ0n) is 35.0. The van der Waals surface area contributed by atoms with E-state index in [0.29, 0.717) is 0 Å². The highest BCUT2D eigenvalue weighted by Gasteiger charge is 2.26. The van der Waals surface area contributed by atoms with Gasteiger partial charge in [0.25, 0.3) is 0 Å². The summed E-state index contributed by atoms with van der Waals surface area (Å²) in [6, 6.07) is 80.6. The van der Waals surface area contributed by atoms with Gasteiger partial charge in [-0.25, -0.2) is 0 Å². The monoisotopic (exact) mass is 812 g/mol. The topological polar surface area (TPSA) is 6.48 Å². The molecule has 0 amide bonds. The molecule has 0 saturated carbocycles. The minimum Gasteiger partial charge on any atom is -0.309 e. The fourth-order valence-corrected chi connectivity index (χ4v) is 10.5. The first-order valence-corrected chi connectivity index (χ1v) is 22.1. The summed E-state index contributed by atoms with van der Waals surface area (Å²) >= 11 is 0. The average Bonchev–Trinajstić information content (AvgIpc) is 3.63. The second-order valence-corrected chi connectivity index (χ2v) is 16.8. The SMILES string of the molecule is C1=Cc2ccccc2N(c2ccc3c(-c4cccc5ccccc45)c4cc(N5c6ccccc6C=Cc6ccccc65)ccc4c(-c4cccc5ccccc45)c3c2)c2ccccc21. The van der Waals surface area contributed by atoms with E-state index in [1.165, 1.54) is 87.6 Å². The number of rotatable bonds is 4. The number of fused-ring (bicyclic) bond motifs is 8. The van der Waals surface area contributed by atoms with E-state index in [4.69, 9.17) is 0 Å². The molecule has 0 radical (unpaired) electrons. The highest BCUT2D eigenvalue weighted by Crippen LogP contribution is 2.52. The van der Waals surface area contributed by atoms with Crippen LogP contribution in [-0.4, -0.2) is 0 Å². The van der Waals surface area contributed by atoms with Crippen LogP contribution in [0.4, 0.5) is 34.1 Å². The number of hydrogen-bond donors (Lipinski definition) is 0. The zero-order chi connectivity index (χ0) is 42.1. The van der Waals surface area contributed by atoms with Crippen molar-refractivity contribution in [1.29, 1.82) is 0 Å². The van der Waals surface area contributed by atoms with Gasteiger partial charge in [0, 0.05) is 11.4 Å². The standard InChI is InChI=1S/C62H40N2/c1-7-23-49-41(15-1)21-13-25-51(49)61-53-37-35-48(64-59-29-11-5-19-45(59)33-34-46-20-6-12-30-60(46)64)40-56(53)62(52-26-14-22-42-16-2-8-24-50(42)52)54-38-36-47(39-55(54)61)63-57-27-9-3-17-43(57)31-32-44-18-4-10-28-58(44)63/h1-40H. The van der Waals surface area contributed by atoms with Crippen LogP contribution >= 0.6 is 0 Å². The second-order valence-electron chi connectivity index (χ2n) is 16.8. The normalized spacial score (nSPS) is 12.8. The van der Waals surface area contributed by atoms with E-state index >= 15 is 0 Å². The summed E-state index contributed by atoms with van der Waals surface area (Å²) in [5.74, 6) is 0.